The standard InChI is InChI=1S/C44H74O.2Na.2H/c1-3-5-7-9-11-13-15-17-19-21-23-25-27-29-31-41-33-37-43(38-34-41)45-44-39-35-42(36-40-44)32-30-28-26-24-22-20-18-16-14-12-10-8-6-4-2;;;;/h33-40H,3-32H2,1-2H3;;;;/q;2*+1;2*-1. The Morgan fingerprint density at radius 2 is 0.532 bits per heavy atom. The fourth-order valence-electron chi connectivity index (χ4n) is 6.63. The van der Waals surface area contributed by atoms with E-state index in [2.05, 4.69) is 62.4 Å². The van der Waals surface area contributed by atoms with E-state index >= 15 is 0 Å². The van der Waals surface area contributed by atoms with E-state index < -0.39 is 0 Å². The number of hydrogen-bond donors (Lipinski definition) is 0. The average Bonchev–Trinajstić information content (AvgIpc) is 3.06. The van der Waals surface area contributed by atoms with Crippen LogP contribution in [0.4, 0.5) is 0 Å². The van der Waals surface area contributed by atoms with Crippen molar-refractivity contribution in [3.05, 3.63) is 59.7 Å². The second kappa shape index (κ2) is 36.0. The maximum absolute atomic E-state index is 6.14. The van der Waals surface area contributed by atoms with Crippen LogP contribution in [-0.2, 0) is 12.8 Å². The Bertz CT molecular complexity index is 817. The molecule has 260 valence electrons. The van der Waals surface area contributed by atoms with Crippen LogP contribution in [0.1, 0.15) is 208 Å². The molecule has 1 nitrogen and oxygen atoms in total. The zero-order chi connectivity index (χ0) is 31.9. The molecule has 2 aromatic carbocycles. The fraction of sp³-hybridized carbons (Fsp3) is 0.727. The Hall–Kier alpha value is 0.240. The molecule has 0 unspecified atom stereocenters. The van der Waals surface area contributed by atoms with Crippen LogP contribution in [0.15, 0.2) is 48.5 Å². The summed E-state index contributed by atoms with van der Waals surface area (Å²) < 4.78 is 6.14. The average molecular weight is 667 g/mol. The molecule has 0 saturated heterocycles. The van der Waals surface area contributed by atoms with Gasteiger partial charge in [0, 0.05) is 0 Å². The SMILES string of the molecule is CCCCCCCCCCCCCCCCc1ccc(Oc2ccc(CCCCCCCCCCCCCCCC)cc2)cc1.[H-].[H-].[Na+].[Na+]. The quantitative estimate of drug-likeness (QED) is 0.0558. The van der Waals surface area contributed by atoms with Crippen LogP contribution in [0.3, 0.4) is 0 Å². The van der Waals surface area contributed by atoms with Gasteiger partial charge in [0.05, 0.1) is 0 Å². The van der Waals surface area contributed by atoms with Crippen LogP contribution in [0, 0.1) is 0 Å². The van der Waals surface area contributed by atoms with E-state index in [0.29, 0.717) is 0 Å². The van der Waals surface area contributed by atoms with Gasteiger partial charge < -0.3 is 7.59 Å². The van der Waals surface area contributed by atoms with Crippen molar-refractivity contribution in [3.63, 3.8) is 0 Å². The van der Waals surface area contributed by atoms with Crippen LogP contribution in [-0.4, -0.2) is 0 Å². The van der Waals surface area contributed by atoms with Crippen molar-refractivity contribution in [2.24, 2.45) is 0 Å². The molecule has 0 aliphatic rings. The first-order valence-electron chi connectivity index (χ1n) is 20.2. The number of benzene rings is 2. The summed E-state index contributed by atoms with van der Waals surface area (Å²) in [5.41, 5.74) is 2.87. The van der Waals surface area contributed by atoms with Crippen LogP contribution in [0.5, 0.6) is 11.5 Å². The van der Waals surface area contributed by atoms with E-state index in [1.54, 1.807) is 0 Å². The van der Waals surface area contributed by atoms with E-state index in [1.807, 2.05) is 0 Å². The van der Waals surface area contributed by atoms with Crippen LogP contribution < -0.4 is 63.9 Å². The van der Waals surface area contributed by atoms with E-state index in [1.165, 1.54) is 204 Å². The topological polar surface area (TPSA) is 9.23 Å². The van der Waals surface area contributed by atoms with Gasteiger partial charge in [0.15, 0.2) is 0 Å². The Morgan fingerprint density at radius 1 is 0.319 bits per heavy atom. The van der Waals surface area contributed by atoms with Gasteiger partial charge in [-0.1, -0.05) is 205 Å². The minimum absolute atomic E-state index is 0. The summed E-state index contributed by atoms with van der Waals surface area (Å²) in [5, 5.41) is 0. The first-order valence-corrected chi connectivity index (χ1v) is 20.2. The summed E-state index contributed by atoms with van der Waals surface area (Å²) in [6.07, 6.45) is 42.1. The van der Waals surface area contributed by atoms with Crippen molar-refractivity contribution in [2.45, 2.75) is 206 Å². The van der Waals surface area contributed by atoms with Gasteiger partial charge in [-0.15, -0.1) is 0 Å². The van der Waals surface area contributed by atoms with E-state index in [4.69, 9.17) is 4.74 Å². The van der Waals surface area contributed by atoms with Crippen LogP contribution in [0.25, 0.3) is 0 Å². The molecule has 0 N–H and O–H groups in total. The third kappa shape index (κ3) is 28.6. The molecule has 0 saturated carbocycles. The fourth-order valence-corrected chi connectivity index (χ4v) is 6.63. The minimum atomic E-state index is 0. The molecule has 0 aliphatic heterocycles. The van der Waals surface area contributed by atoms with E-state index in [-0.39, 0.29) is 62.0 Å². The Balaban J connectivity index is -0.00000529. The predicted molar refractivity (Wildman–Crippen MR) is 203 cm³/mol. The molecule has 2 rings (SSSR count). The van der Waals surface area contributed by atoms with Gasteiger partial charge in [0.2, 0.25) is 0 Å². The van der Waals surface area contributed by atoms with Crippen LogP contribution in [0.2, 0.25) is 0 Å². The largest absolute Gasteiger partial charge is 1.00 e. The first kappa shape index (κ1) is 47.2. The van der Waals surface area contributed by atoms with Crippen molar-refractivity contribution < 1.29 is 66.7 Å². The third-order valence-corrected chi connectivity index (χ3v) is 9.72. The van der Waals surface area contributed by atoms with Crippen molar-refractivity contribution in [2.75, 3.05) is 0 Å². The Labute approximate surface area is 341 Å². The van der Waals surface area contributed by atoms with Gasteiger partial charge in [-0.05, 0) is 61.1 Å². The van der Waals surface area contributed by atoms with Crippen molar-refractivity contribution in [1.82, 2.24) is 0 Å². The maximum atomic E-state index is 6.14. The molecule has 47 heavy (non-hydrogen) atoms. The third-order valence-electron chi connectivity index (χ3n) is 9.72. The molecule has 0 amide bonds. The van der Waals surface area contributed by atoms with E-state index in [0.717, 1.165) is 11.5 Å². The van der Waals surface area contributed by atoms with Gasteiger partial charge in [-0.2, -0.15) is 0 Å². The Kier molecular flexibility index (Phi) is 36.2. The van der Waals surface area contributed by atoms with Crippen molar-refractivity contribution in [1.29, 1.82) is 0 Å². The zero-order valence-corrected chi connectivity index (χ0v) is 36.2. The summed E-state index contributed by atoms with van der Waals surface area (Å²) in [6.45, 7) is 4.60. The second-order valence-corrected chi connectivity index (χ2v) is 14.1. The maximum Gasteiger partial charge on any atom is 1.00 e. The first-order chi connectivity index (χ1) is 22.3. The van der Waals surface area contributed by atoms with Crippen molar-refractivity contribution >= 4 is 0 Å². The molecule has 0 bridgehead atoms. The van der Waals surface area contributed by atoms with E-state index in [9.17, 15) is 0 Å². The molecule has 0 heterocycles. The van der Waals surface area contributed by atoms with Crippen LogP contribution >= 0.6 is 0 Å². The summed E-state index contributed by atoms with van der Waals surface area (Å²) >= 11 is 0. The molecule has 0 fully saturated rings. The number of aryl methyl sites for hydroxylation is 2. The second-order valence-electron chi connectivity index (χ2n) is 14.1. The molecule has 0 atom stereocenters. The molecular formula is C44H76Na2O. The molecule has 0 spiro atoms. The van der Waals surface area contributed by atoms with Gasteiger partial charge in [0.1, 0.15) is 11.5 Å². The normalized spacial score (nSPS) is 10.9. The monoisotopic (exact) mass is 667 g/mol. The van der Waals surface area contributed by atoms with Gasteiger partial charge in [-0.25, -0.2) is 0 Å². The zero-order valence-electron chi connectivity index (χ0n) is 34.2. The number of rotatable bonds is 32. The molecular weight excluding hydrogens is 590 g/mol. The number of unbranched alkanes of at least 4 members (excludes halogenated alkanes) is 26. The summed E-state index contributed by atoms with van der Waals surface area (Å²) in [4.78, 5) is 0. The Morgan fingerprint density at radius 3 is 0.766 bits per heavy atom. The summed E-state index contributed by atoms with van der Waals surface area (Å²) in [5.74, 6) is 1.89. The number of ether oxygens (including phenoxy) is 1. The van der Waals surface area contributed by atoms with Crippen molar-refractivity contribution in [3.8, 4) is 11.5 Å². The van der Waals surface area contributed by atoms with Gasteiger partial charge >= 0.3 is 59.1 Å². The summed E-state index contributed by atoms with van der Waals surface area (Å²) in [6, 6.07) is 17.6. The molecule has 0 aliphatic carbocycles. The van der Waals surface area contributed by atoms with Gasteiger partial charge in [-0.3, -0.25) is 0 Å². The predicted octanol–water partition coefficient (Wildman–Crippen LogP) is 9.76. The smallest absolute Gasteiger partial charge is 1.00 e. The number of hydrogen-bond acceptors (Lipinski definition) is 1. The molecule has 0 radical (unpaired) electrons. The molecule has 2 aromatic rings. The minimum Gasteiger partial charge on any atom is -1.00 e. The molecule has 3 heteroatoms. The molecule has 0 aromatic heterocycles. The van der Waals surface area contributed by atoms with Gasteiger partial charge in [0.25, 0.3) is 0 Å². The summed E-state index contributed by atoms with van der Waals surface area (Å²) in [7, 11) is 0.